The number of rotatable bonds is 8. The Morgan fingerprint density at radius 2 is 1.73 bits per heavy atom. The second-order valence-corrected chi connectivity index (χ2v) is 11.2. The van der Waals surface area contributed by atoms with E-state index in [0.717, 1.165) is 36.5 Å². The van der Waals surface area contributed by atoms with Gasteiger partial charge < -0.3 is 20.9 Å². The molecule has 0 unspecified atom stereocenters. The van der Waals surface area contributed by atoms with Crippen LogP contribution in [0.3, 0.4) is 0 Å². The zero-order valence-electron chi connectivity index (χ0n) is 24.7. The van der Waals surface area contributed by atoms with Gasteiger partial charge in [-0.1, -0.05) is 6.07 Å². The molecule has 0 spiro atoms. The SMILES string of the molecule is CNc1cc(-n2nc(C)cc2Nc2cc(NC(=O)c3cc(N4CCN(C5CC5)CC4)cc(C(F)(F)F)c3)ccc2C)ncn1. The van der Waals surface area contributed by atoms with Gasteiger partial charge in [-0.25, -0.2) is 9.97 Å². The van der Waals surface area contributed by atoms with Crippen LogP contribution in [0.4, 0.5) is 41.9 Å². The van der Waals surface area contributed by atoms with Crippen molar-refractivity contribution in [3.05, 3.63) is 77.2 Å². The van der Waals surface area contributed by atoms with Crippen LogP contribution in [0.1, 0.15) is 40.0 Å². The van der Waals surface area contributed by atoms with E-state index in [0.29, 0.717) is 53.6 Å². The summed E-state index contributed by atoms with van der Waals surface area (Å²) in [5.74, 6) is 1.20. The highest BCUT2D eigenvalue weighted by molar-refractivity contribution is 6.05. The van der Waals surface area contributed by atoms with E-state index in [2.05, 4.69) is 35.9 Å². The molecule has 0 atom stereocenters. The predicted octanol–water partition coefficient (Wildman–Crippen LogP) is 5.62. The van der Waals surface area contributed by atoms with Crippen LogP contribution >= 0.6 is 0 Å². The zero-order valence-corrected chi connectivity index (χ0v) is 24.7. The number of carbonyl (C=O) groups is 1. The standard InChI is InChI=1S/C31H34F3N9O/c1-19-4-5-23(16-26(19)39-29-12-20(2)40-43(29)28-17-27(35-3)36-18-37-28)38-30(44)21-13-22(31(32,33)34)15-25(14-21)42-10-8-41(9-11-42)24-6-7-24/h4-5,12-18,24,39H,6-11H2,1-3H3,(H,38,44)(H,35,36,37). The van der Waals surface area contributed by atoms with Crippen molar-refractivity contribution in [3.8, 4) is 5.82 Å². The quantitative estimate of drug-likeness (QED) is 0.238. The Kier molecular flexibility index (Phi) is 7.89. The molecule has 1 aliphatic carbocycles. The lowest BCUT2D eigenvalue weighted by Crippen LogP contribution is -2.47. The van der Waals surface area contributed by atoms with Gasteiger partial charge in [0, 0.05) is 74.0 Å². The zero-order chi connectivity index (χ0) is 31.0. The molecule has 2 fully saturated rings. The van der Waals surface area contributed by atoms with Crippen molar-refractivity contribution < 1.29 is 18.0 Å². The first-order valence-electron chi connectivity index (χ1n) is 14.5. The maximum absolute atomic E-state index is 13.9. The van der Waals surface area contributed by atoms with Crippen molar-refractivity contribution in [1.29, 1.82) is 0 Å². The summed E-state index contributed by atoms with van der Waals surface area (Å²) in [5.41, 5.74) is 2.28. The molecule has 13 heteroatoms. The highest BCUT2D eigenvalue weighted by Gasteiger charge is 2.34. The Balaban J connectivity index is 1.23. The molecule has 230 valence electrons. The molecule has 0 radical (unpaired) electrons. The average molecular weight is 606 g/mol. The van der Waals surface area contributed by atoms with E-state index >= 15 is 0 Å². The Labute approximate surface area is 253 Å². The summed E-state index contributed by atoms with van der Waals surface area (Å²) < 4.78 is 43.3. The molecule has 3 N–H and O–H groups in total. The molecule has 2 aliphatic rings. The van der Waals surface area contributed by atoms with Crippen LogP contribution in [0.2, 0.25) is 0 Å². The van der Waals surface area contributed by atoms with Gasteiger partial charge in [-0.2, -0.15) is 23.0 Å². The third-order valence-electron chi connectivity index (χ3n) is 7.97. The molecule has 0 bridgehead atoms. The molecule has 10 nitrogen and oxygen atoms in total. The molecular formula is C31H34F3N9O. The number of aromatic nitrogens is 4. The maximum Gasteiger partial charge on any atom is 0.416 e. The summed E-state index contributed by atoms with van der Waals surface area (Å²) in [5, 5.41) is 13.7. The number of amides is 1. The van der Waals surface area contributed by atoms with E-state index in [1.165, 1.54) is 19.2 Å². The molecule has 6 rings (SSSR count). The minimum atomic E-state index is -4.58. The number of carbonyl (C=O) groups excluding carboxylic acids is 1. The van der Waals surface area contributed by atoms with Crippen molar-refractivity contribution in [1.82, 2.24) is 24.6 Å². The van der Waals surface area contributed by atoms with Gasteiger partial charge in [0.15, 0.2) is 5.82 Å². The number of hydrogen-bond acceptors (Lipinski definition) is 8. The molecule has 4 aromatic rings. The van der Waals surface area contributed by atoms with Crippen molar-refractivity contribution in [2.24, 2.45) is 0 Å². The lowest BCUT2D eigenvalue weighted by Gasteiger charge is -2.36. The second kappa shape index (κ2) is 11.8. The van der Waals surface area contributed by atoms with Gasteiger partial charge in [-0.05, 0) is 62.6 Å². The van der Waals surface area contributed by atoms with E-state index in [9.17, 15) is 18.0 Å². The third kappa shape index (κ3) is 6.47. The molecule has 1 saturated heterocycles. The minimum Gasteiger partial charge on any atom is -0.373 e. The third-order valence-corrected chi connectivity index (χ3v) is 7.97. The lowest BCUT2D eigenvalue weighted by molar-refractivity contribution is -0.137. The van der Waals surface area contributed by atoms with E-state index in [4.69, 9.17) is 0 Å². The van der Waals surface area contributed by atoms with Crippen LogP contribution in [-0.4, -0.2) is 69.8 Å². The van der Waals surface area contributed by atoms with Gasteiger partial charge in [-0.3, -0.25) is 9.69 Å². The highest BCUT2D eigenvalue weighted by Crippen LogP contribution is 2.35. The number of nitrogens with one attached hydrogen (secondary N) is 3. The van der Waals surface area contributed by atoms with Crippen LogP contribution in [0.5, 0.6) is 0 Å². The summed E-state index contributed by atoms with van der Waals surface area (Å²) in [4.78, 5) is 26.2. The summed E-state index contributed by atoms with van der Waals surface area (Å²) in [6.07, 6.45) is -0.767. The Hall–Kier alpha value is -4.65. The molecule has 3 heterocycles. The monoisotopic (exact) mass is 605 g/mol. The van der Waals surface area contributed by atoms with E-state index < -0.39 is 17.6 Å². The van der Waals surface area contributed by atoms with Crippen molar-refractivity contribution in [2.45, 2.75) is 38.9 Å². The van der Waals surface area contributed by atoms with Crippen molar-refractivity contribution in [2.75, 3.05) is 54.1 Å². The van der Waals surface area contributed by atoms with Crippen LogP contribution in [-0.2, 0) is 6.18 Å². The number of anilines is 5. The largest absolute Gasteiger partial charge is 0.416 e. The number of benzene rings is 2. The average Bonchev–Trinajstić information content (AvgIpc) is 3.80. The van der Waals surface area contributed by atoms with E-state index in [1.807, 2.05) is 30.9 Å². The predicted molar refractivity (Wildman–Crippen MR) is 164 cm³/mol. The summed E-state index contributed by atoms with van der Waals surface area (Å²) in [7, 11) is 1.76. The Bertz CT molecular complexity index is 1670. The first-order valence-corrected chi connectivity index (χ1v) is 14.5. The maximum atomic E-state index is 13.9. The summed E-state index contributed by atoms with van der Waals surface area (Å²) in [6.45, 7) is 6.61. The summed E-state index contributed by atoms with van der Waals surface area (Å²) in [6, 6.07) is 13.1. The van der Waals surface area contributed by atoms with Gasteiger partial charge in [0.25, 0.3) is 5.91 Å². The minimum absolute atomic E-state index is 0.0488. The van der Waals surface area contributed by atoms with Crippen LogP contribution in [0.15, 0.2) is 54.9 Å². The molecular weight excluding hydrogens is 571 g/mol. The van der Waals surface area contributed by atoms with E-state index in [-0.39, 0.29) is 5.56 Å². The topological polar surface area (TPSA) is 103 Å². The van der Waals surface area contributed by atoms with Crippen LogP contribution < -0.4 is 20.9 Å². The highest BCUT2D eigenvalue weighted by atomic mass is 19.4. The first kappa shape index (κ1) is 29.4. The fourth-order valence-corrected chi connectivity index (χ4v) is 5.41. The Morgan fingerprint density at radius 3 is 2.43 bits per heavy atom. The van der Waals surface area contributed by atoms with Gasteiger partial charge in [0.05, 0.1) is 11.3 Å². The van der Waals surface area contributed by atoms with Gasteiger partial charge in [-0.15, -0.1) is 0 Å². The van der Waals surface area contributed by atoms with Crippen molar-refractivity contribution >= 4 is 34.6 Å². The molecule has 2 aromatic heterocycles. The molecule has 44 heavy (non-hydrogen) atoms. The van der Waals surface area contributed by atoms with Gasteiger partial charge in [0.1, 0.15) is 18.0 Å². The smallest absolute Gasteiger partial charge is 0.373 e. The fourth-order valence-electron chi connectivity index (χ4n) is 5.41. The number of alkyl halides is 3. The van der Waals surface area contributed by atoms with Crippen LogP contribution in [0, 0.1) is 13.8 Å². The first-order chi connectivity index (χ1) is 21.1. The number of nitrogens with zero attached hydrogens (tertiary/aromatic N) is 6. The number of piperazine rings is 1. The summed E-state index contributed by atoms with van der Waals surface area (Å²) >= 11 is 0. The fraction of sp³-hybridized carbons (Fsp3) is 0.355. The normalized spacial score (nSPS) is 15.7. The number of halogens is 3. The van der Waals surface area contributed by atoms with Crippen LogP contribution in [0.25, 0.3) is 5.82 Å². The second-order valence-electron chi connectivity index (χ2n) is 11.2. The number of hydrogen-bond donors (Lipinski definition) is 3. The van der Waals surface area contributed by atoms with Gasteiger partial charge in [0.2, 0.25) is 0 Å². The number of aryl methyl sites for hydroxylation is 2. The molecule has 1 amide bonds. The lowest BCUT2D eigenvalue weighted by atomic mass is 10.1. The molecule has 1 aliphatic heterocycles. The molecule has 1 saturated carbocycles. The van der Waals surface area contributed by atoms with Crippen molar-refractivity contribution in [3.63, 3.8) is 0 Å². The Morgan fingerprint density at radius 1 is 0.955 bits per heavy atom. The van der Waals surface area contributed by atoms with Gasteiger partial charge >= 0.3 is 6.18 Å². The molecule has 2 aromatic carbocycles. The van der Waals surface area contributed by atoms with E-state index in [1.54, 1.807) is 36.0 Å².